The molecule has 3 heteroatoms. The summed E-state index contributed by atoms with van der Waals surface area (Å²) in [6.45, 7) is 4.60. The molecular formula is C14H18FNO. The zero-order chi connectivity index (χ0) is 12.5. The second-order valence-electron chi connectivity index (χ2n) is 5.00. The highest BCUT2D eigenvalue weighted by Gasteiger charge is 2.35. The molecule has 2 rings (SSSR count). The van der Waals surface area contributed by atoms with Gasteiger partial charge in [-0.1, -0.05) is 0 Å². The van der Waals surface area contributed by atoms with Crippen LogP contribution in [0, 0.1) is 12.7 Å². The second-order valence-corrected chi connectivity index (χ2v) is 5.00. The quantitative estimate of drug-likeness (QED) is 0.799. The van der Waals surface area contributed by atoms with Crippen LogP contribution < -0.4 is 5.32 Å². The Hall–Kier alpha value is -1.22. The lowest BCUT2D eigenvalue weighted by atomic mass is 9.82. The van der Waals surface area contributed by atoms with Crippen molar-refractivity contribution in [3.8, 4) is 0 Å². The summed E-state index contributed by atoms with van der Waals surface area (Å²) in [4.78, 5) is 12.5. The Balaban J connectivity index is 2.30. The van der Waals surface area contributed by atoms with Crippen molar-refractivity contribution >= 4 is 5.78 Å². The summed E-state index contributed by atoms with van der Waals surface area (Å²) in [5.41, 5.74) is 0.854. The number of hydrogen-bond acceptors (Lipinski definition) is 2. The Bertz CT molecular complexity index is 436. The number of rotatable bonds is 2. The highest BCUT2D eigenvalue weighted by atomic mass is 19.1. The normalized spacial score (nSPS) is 24.6. The smallest absolute Gasteiger partial charge is 0.182 e. The monoisotopic (exact) mass is 235 g/mol. The number of Topliss-reactive ketones (excluding diaryl/α,β-unsaturated/α-hetero) is 1. The first-order valence-corrected chi connectivity index (χ1v) is 6.09. The zero-order valence-electron chi connectivity index (χ0n) is 10.3. The van der Waals surface area contributed by atoms with Gasteiger partial charge in [0.1, 0.15) is 5.82 Å². The van der Waals surface area contributed by atoms with E-state index < -0.39 is 5.54 Å². The van der Waals surface area contributed by atoms with Crippen LogP contribution in [0.2, 0.25) is 0 Å². The number of ketones is 1. The van der Waals surface area contributed by atoms with Crippen molar-refractivity contribution in [2.45, 2.75) is 38.6 Å². The number of nitrogens with one attached hydrogen (secondary N) is 1. The van der Waals surface area contributed by atoms with Crippen molar-refractivity contribution in [2.24, 2.45) is 0 Å². The van der Waals surface area contributed by atoms with Gasteiger partial charge < -0.3 is 5.32 Å². The number of hydrogen-bond donors (Lipinski definition) is 1. The van der Waals surface area contributed by atoms with Gasteiger partial charge in [-0.2, -0.15) is 0 Å². The van der Waals surface area contributed by atoms with E-state index in [2.05, 4.69) is 5.32 Å². The van der Waals surface area contributed by atoms with Crippen LogP contribution in [0.3, 0.4) is 0 Å². The van der Waals surface area contributed by atoms with Crippen molar-refractivity contribution in [1.82, 2.24) is 5.32 Å². The van der Waals surface area contributed by atoms with Gasteiger partial charge in [-0.15, -0.1) is 0 Å². The third-order valence-corrected chi connectivity index (χ3v) is 3.55. The molecule has 1 aliphatic rings. The first-order valence-electron chi connectivity index (χ1n) is 6.09. The number of piperidine rings is 1. The molecule has 0 aliphatic carbocycles. The molecule has 2 nitrogen and oxygen atoms in total. The summed E-state index contributed by atoms with van der Waals surface area (Å²) in [6.07, 6.45) is 3.03. The van der Waals surface area contributed by atoms with E-state index in [0.29, 0.717) is 11.1 Å². The molecule has 1 unspecified atom stereocenters. The van der Waals surface area contributed by atoms with Crippen LogP contribution in [0.4, 0.5) is 4.39 Å². The van der Waals surface area contributed by atoms with Gasteiger partial charge in [0.15, 0.2) is 5.78 Å². The van der Waals surface area contributed by atoms with Crippen LogP contribution >= 0.6 is 0 Å². The van der Waals surface area contributed by atoms with Crippen molar-refractivity contribution in [3.05, 3.63) is 35.1 Å². The average Bonchev–Trinajstić information content (AvgIpc) is 2.29. The van der Waals surface area contributed by atoms with Gasteiger partial charge >= 0.3 is 0 Å². The van der Waals surface area contributed by atoms with Crippen molar-refractivity contribution in [2.75, 3.05) is 6.54 Å². The van der Waals surface area contributed by atoms with Gasteiger partial charge in [0.2, 0.25) is 0 Å². The van der Waals surface area contributed by atoms with Crippen LogP contribution in [0.5, 0.6) is 0 Å². The standard InChI is InChI=1S/C14H18FNO/c1-10-9-11(15)5-6-12(10)13(17)14(2)7-3-4-8-16-14/h5-6,9,16H,3-4,7-8H2,1-2H3. The second kappa shape index (κ2) is 4.57. The molecule has 17 heavy (non-hydrogen) atoms. The van der Waals surface area contributed by atoms with E-state index in [4.69, 9.17) is 0 Å². The first kappa shape index (κ1) is 12.2. The fourth-order valence-corrected chi connectivity index (χ4v) is 2.43. The maximum Gasteiger partial charge on any atom is 0.182 e. The van der Waals surface area contributed by atoms with E-state index in [9.17, 15) is 9.18 Å². The topological polar surface area (TPSA) is 29.1 Å². The fraction of sp³-hybridized carbons (Fsp3) is 0.500. The molecule has 0 saturated carbocycles. The highest BCUT2D eigenvalue weighted by molar-refractivity contribution is 6.04. The summed E-state index contributed by atoms with van der Waals surface area (Å²) in [5, 5.41) is 3.29. The molecule has 1 aromatic carbocycles. The molecule has 1 fully saturated rings. The van der Waals surface area contributed by atoms with E-state index in [0.717, 1.165) is 25.8 Å². The number of carbonyl (C=O) groups excluding carboxylic acids is 1. The Kier molecular flexibility index (Phi) is 3.29. The van der Waals surface area contributed by atoms with Crippen molar-refractivity contribution < 1.29 is 9.18 Å². The predicted molar refractivity (Wildman–Crippen MR) is 65.7 cm³/mol. The predicted octanol–water partition coefficient (Wildman–Crippen LogP) is 2.85. The molecule has 0 bridgehead atoms. The van der Waals surface area contributed by atoms with Gasteiger partial charge in [-0.3, -0.25) is 4.79 Å². The molecule has 92 valence electrons. The molecule has 0 spiro atoms. The number of aryl methyl sites for hydroxylation is 1. The Morgan fingerprint density at radius 2 is 2.18 bits per heavy atom. The maximum atomic E-state index is 13.0. The average molecular weight is 235 g/mol. The van der Waals surface area contributed by atoms with Gasteiger partial charge in [0, 0.05) is 5.56 Å². The molecule has 1 N–H and O–H groups in total. The van der Waals surface area contributed by atoms with Crippen LogP contribution in [0.25, 0.3) is 0 Å². The van der Waals surface area contributed by atoms with Gasteiger partial charge in [0.25, 0.3) is 0 Å². The Morgan fingerprint density at radius 3 is 2.76 bits per heavy atom. The number of benzene rings is 1. The first-order chi connectivity index (χ1) is 8.03. The molecule has 0 aromatic heterocycles. The summed E-state index contributed by atoms with van der Waals surface area (Å²) >= 11 is 0. The fourth-order valence-electron chi connectivity index (χ4n) is 2.43. The van der Waals surface area contributed by atoms with E-state index in [-0.39, 0.29) is 11.6 Å². The van der Waals surface area contributed by atoms with Gasteiger partial charge in [0.05, 0.1) is 5.54 Å². The zero-order valence-corrected chi connectivity index (χ0v) is 10.3. The number of halogens is 1. The van der Waals surface area contributed by atoms with Gasteiger partial charge in [-0.05, 0) is 63.4 Å². The molecule has 1 aliphatic heterocycles. The summed E-state index contributed by atoms with van der Waals surface area (Å²) in [6, 6.07) is 4.36. The lowest BCUT2D eigenvalue weighted by molar-refractivity contribution is 0.0834. The van der Waals surface area contributed by atoms with E-state index in [1.165, 1.54) is 12.1 Å². The SMILES string of the molecule is Cc1cc(F)ccc1C(=O)C1(C)CCCCN1. The lowest BCUT2D eigenvalue weighted by Gasteiger charge is -2.33. The Labute approximate surface area is 101 Å². The third-order valence-electron chi connectivity index (χ3n) is 3.55. The molecule has 1 heterocycles. The number of carbonyl (C=O) groups is 1. The van der Waals surface area contributed by atoms with E-state index in [1.54, 1.807) is 13.0 Å². The summed E-state index contributed by atoms with van der Waals surface area (Å²) in [5.74, 6) is -0.212. The minimum atomic E-state index is -0.485. The molecule has 1 aromatic rings. The van der Waals surface area contributed by atoms with Crippen LogP contribution in [-0.2, 0) is 0 Å². The lowest BCUT2D eigenvalue weighted by Crippen LogP contribution is -2.52. The summed E-state index contributed by atoms with van der Waals surface area (Å²) < 4.78 is 13.0. The van der Waals surface area contributed by atoms with Crippen LogP contribution in [0.1, 0.15) is 42.1 Å². The molecular weight excluding hydrogens is 217 g/mol. The minimum Gasteiger partial charge on any atom is -0.305 e. The molecule has 0 radical (unpaired) electrons. The Morgan fingerprint density at radius 1 is 1.41 bits per heavy atom. The highest BCUT2D eigenvalue weighted by Crippen LogP contribution is 2.25. The summed E-state index contributed by atoms with van der Waals surface area (Å²) in [7, 11) is 0. The minimum absolute atomic E-state index is 0.0784. The largest absolute Gasteiger partial charge is 0.305 e. The van der Waals surface area contributed by atoms with E-state index >= 15 is 0 Å². The third kappa shape index (κ3) is 2.39. The van der Waals surface area contributed by atoms with Crippen LogP contribution in [-0.4, -0.2) is 17.9 Å². The molecule has 1 saturated heterocycles. The van der Waals surface area contributed by atoms with Crippen LogP contribution in [0.15, 0.2) is 18.2 Å². The molecule has 1 atom stereocenters. The molecule has 0 amide bonds. The van der Waals surface area contributed by atoms with Crippen molar-refractivity contribution in [3.63, 3.8) is 0 Å². The maximum absolute atomic E-state index is 13.0. The van der Waals surface area contributed by atoms with Gasteiger partial charge in [-0.25, -0.2) is 4.39 Å². The van der Waals surface area contributed by atoms with E-state index in [1.807, 2.05) is 6.92 Å². The van der Waals surface area contributed by atoms with Crippen molar-refractivity contribution in [1.29, 1.82) is 0 Å².